The average molecular weight is 387 g/mol. The van der Waals surface area contributed by atoms with Crippen LogP contribution in [-0.4, -0.2) is 24.6 Å². The van der Waals surface area contributed by atoms with Crippen LogP contribution < -0.4 is 0 Å². The lowest BCUT2D eigenvalue weighted by Crippen LogP contribution is -2.01. The first-order valence-corrected chi connectivity index (χ1v) is 8.55. The van der Waals surface area contributed by atoms with Crippen molar-refractivity contribution in [3.8, 4) is 28.5 Å². The summed E-state index contributed by atoms with van der Waals surface area (Å²) in [5.74, 6) is 0.780. The van der Waals surface area contributed by atoms with Crippen LogP contribution >= 0.6 is 0 Å². The maximum atomic E-state index is 11.2. The lowest BCUT2D eigenvalue weighted by molar-refractivity contribution is -0.385. The van der Waals surface area contributed by atoms with Gasteiger partial charge in [0.25, 0.3) is 11.4 Å². The third kappa shape index (κ3) is 3.44. The van der Waals surface area contributed by atoms with Gasteiger partial charge in [0, 0.05) is 41.1 Å². The first kappa shape index (κ1) is 18.0. The zero-order chi connectivity index (χ0) is 20.4. The van der Waals surface area contributed by atoms with Gasteiger partial charge in [-0.25, -0.2) is 0 Å². The van der Waals surface area contributed by atoms with Crippen LogP contribution in [0, 0.1) is 20.2 Å². The molecular weight excluding hydrogens is 374 g/mol. The summed E-state index contributed by atoms with van der Waals surface area (Å²) in [5.41, 5.74) is 1.60. The molecule has 0 atom stereocenters. The van der Waals surface area contributed by atoms with Gasteiger partial charge in [-0.1, -0.05) is 42.5 Å². The minimum atomic E-state index is -0.478. The summed E-state index contributed by atoms with van der Waals surface area (Å²) in [5, 5.41) is 30.8. The molecule has 9 nitrogen and oxygen atoms in total. The number of nitrogens with zero attached hydrogens (tertiary/aromatic N) is 5. The molecule has 0 bridgehead atoms. The van der Waals surface area contributed by atoms with Crippen molar-refractivity contribution in [1.82, 2.24) is 14.8 Å². The number of nitro benzene ring substituents is 2. The van der Waals surface area contributed by atoms with E-state index in [4.69, 9.17) is 0 Å². The van der Waals surface area contributed by atoms with E-state index in [1.807, 2.05) is 30.3 Å². The van der Waals surface area contributed by atoms with E-state index in [2.05, 4.69) is 10.2 Å². The van der Waals surface area contributed by atoms with Gasteiger partial charge in [0.2, 0.25) is 0 Å². The molecule has 1 aromatic heterocycles. The van der Waals surface area contributed by atoms with Crippen LogP contribution in [0.15, 0.2) is 78.9 Å². The Morgan fingerprint density at radius 1 is 0.655 bits per heavy atom. The van der Waals surface area contributed by atoms with Crippen molar-refractivity contribution in [2.45, 2.75) is 0 Å². The van der Waals surface area contributed by atoms with Crippen LogP contribution in [0.4, 0.5) is 11.4 Å². The molecule has 4 aromatic rings. The summed E-state index contributed by atoms with van der Waals surface area (Å²) in [6.45, 7) is 0. The number of para-hydroxylation sites is 1. The third-order valence-corrected chi connectivity index (χ3v) is 4.31. The van der Waals surface area contributed by atoms with Crippen LogP contribution in [0.1, 0.15) is 0 Å². The monoisotopic (exact) mass is 387 g/mol. The zero-order valence-corrected chi connectivity index (χ0v) is 14.9. The van der Waals surface area contributed by atoms with E-state index in [-0.39, 0.29) is 11.4 Å². The fourth-order valence-corrected chi connectivity index (χ4v) is 3.00. The van der Waals surface area contributed by atoms with Crippen molar-refractivity contribution in [3.05, 3.63) is 99.1 Å². The molecule has 1 heterocycles. The molecule has 29 heavy (non-hydrogen) atoms. The molecule has 9 heteroatoms. The van der Waals surface area contributed by atoms with Crippen LogP contribution in [0.3, 0.4) is 0 Å². The van der Waals surface area contributed by atoms with Gasteiger partial charge in [0.15, 0.2) is 11.6 Å². The van der Waals surface area contributed by atoms with Gasteiger partial charge in [-0.2, -0.15) is 0 Å². The summed E-state index contributed by atoms with van der Waals surface area (Å²) in [4.78, 5) is 21.4. The van der Waals surface area contributed by atoms with E-state index in [9.17, 15) is 20.2 Å². The standard InChI is InChI=1S/C20H13N5O4/c26-24(27)17-10-4-6-14(12-17)19-21-22-20(23(19)16-8-2-1-3-9-16)15-7-5-11-18(13-15)25(28)29/h1-13H. The summed E-state index contributed by atoms with van der Waals surface area (Å²) in [6, 6.07) is 21.4. The van der Waals surface area contributed by atoms with E-state index < -0.39 is 9.85 Å². The summed E-state index contributed by atoms with van der Waals surface area (Å²) in [6.07, 6.45) is 0. The fourth-order valence-electron chi connectivity index (χ4n) is 3.00. The Kier molecular flexibility index (Phi) is 4.54. The highest BCUT2D eigenvalue weighted by molar-refractivity contribution is 5.69. The molecule has 0 amide bonds. The molecule has 0 N–H and O–H groups in total. The predicted octanol–water partition coefficient (Wildman–Crippen LogP) is 4.42. The Hall–Kier alpha value is -4.40. The minimum absolute atomic E-state index is 0.0676. The highest BCUT2D eigenvalue weighted by Gasteiger charge is 2.20. The first-order valence-electron chi connectivity index (χ1n) is 8.55. The van der Waals surface area contributed by atoms with E-state index in [0.29, 0.717) is 22.8 Å². The van der Waals surface area contributed by atoms with Crippen LogP contribution in [0.25, 0.3) is 28.5 Å². The van der Waals surface area contributed by atoms with Crippen LogP contribution in [0.5, 0.6) is 0 Å². The molecule has 0 radical (unpaired) electrons. The number of hydrogen-bond donors (Lipinski definition) is 0. The zero-order valence-electron chi connectivity index (χ0n) is 14.9. The largest absolute Gasteiger partial charge is 0.275 e. The molecule has 0 fully saturated rings. The van der Waals surface area contributed by atoms with Gasteiger partial charge in [-0.3, -0.25) is 24.8 Å². The molecule has 0 aliphatic carbocycles. The van der Waals surface area contributed by atoms with Crippen molar-refractivity contribution >= 4 is 11.4 Å². The van der Waals surface area contributed by atoms with Gasteiger partial charge in [-0.15, -0.1) is 10.2 Å². The fraction of sp³-hybridized carbons (Fsp3) is 0. The Bertz CT molecular complexity index is 1150. The van der Waals surface area contributed by atoms with Gasteiger partial charge < -0.3 is 0 Å². The molecule has 4 rings (SSSR count). The molecule has 0 spiro atoms. The Balaban J connectivity index is 1.95. The van der Waals surface area contributed by atoms with Gasteiger partial charge in [0.1, 0.15) is 0 Å². The number of benzene rings is 3. The van der Waals surface area contributed by atoms with E-state index in [1.54, 1.807) is 28.8 Å². The predicted molar refractivity (Wildman–Crippen MR) is 106 cm³/mol. The third-order valence-electron chi connectivity index (χ3n) is 4.31. The summed E-state index contributed by atoms with van der Waals surface area (Å²) < 4.78 is 1.72. The topological polar surface area (TPSA) is 117 Å². The second kappa shape index (κ2) is 7.31. The Morgan fingerprint density at radius 2 is 1.14 bits per heavy atom. The van der Waals surface area contributed by atoms with Gasteiger partial charge in [0.05, 0.1) is 9.85 Å². The van der Waals surface area contributed by atoms with Crippen LogP contribution in [0.2, 0.25) is 0 Å². The maximum absolute atomic E-state index is 11.2. The van der Waals surface area contributed by atoms with Gasteiger partial charge in [-0.05, 0) is 12.1 Å². The number of nitro groups is 2. The average Bonchev–Trinajstić information content (AvgIpc) is 3.20. The molecule has 0 aliphatic heterocycles. The SMILES string of the molecule is O=[N+]([O-])c1cccc(-c2nnc(-c3cccc([N+](=O)[O-])c3)n2-c2ccccc2)c1. The number of non-ortho nitro benzene ring substituents is 2. The summed E-state index contributed by atoms with van der Waals surface area (Å²) >= 11 is 0. The van der Waals surface area contributed by atoms with E-state index >= 15 is 0 Å². The first-order chi connectivity index (χ1) is 14.0. The van der Waals surface area contributed by atoms with Crippen molar-refractivity contribution in [1.29, 1.82) is 0 Å². The highest BCUT2D eigenvalue weighted by atomic mass is 16.6. The molecule has 0 unspecified atom stereocenters. The van der Waals surface area contributed by atoms with Crippen molar-refractivity contribution in [2.24, 2.45) is 0 Å². The Morgan fingerprint density at radius 3 is 1.59 bits per heavy atom. The van der Waals surface area contributed by atoms with E-state index in [1.165, 1.54) is 24.3 Å². The second-order valence-corrected chi connectivity index (χ2v) is 6.13. The normalized spacial score (nSPS) is 10.6. The van der Waals surface area contributed by atoms with Gasteiger partial charge >= 0.3 is 0 Å². The molecule has 0 saturated heterocycles. The number of rotatable bonds is 5. The smallest absolute Gasteiger partial charge is 0.270 e. The summed E-state index contributed by atoms with van der Waals surface area (Å²) in [7, 11) is 0. The second-order valence-electron chi connectivity index (χ2n) is 6.13. The van der Waals surface area contributed by atoms with Crippen molar-refractivity contribution in [3.63, 3.8) is 0 Å². The molecule has 142 valence electrons. The number of hydrogen-bond acceptors (Lipinski definition) is 6. The maximum Gasteiger partial charge on any atom is 0.270 e. The molecule has 3 aromatic carbocycles. The highest BCUT2D eigenvalue weighted by Crippen LogP contribution is 2.31. The van der Waals surface area contributed by atoms with Crippen molar-refractivity contribution in [2.75, 3.05) is 0 Å². The lowest BCUT2D eigenvalue weighted by atomic mass is 10.1. The molecule has 0 saturated carbocycles. The number of aromatic nitrogens is 3. The Labute approximate surface area is 164 Å². The molecular formula is C20H13N5O4. The minimum Gasteiger partial charge on any atom is -0.275 e. The van der Waals surface area contributed by atoms with E-state index in [0.717, 1.165) is 5.69 Å². The lowest BCUT2D eigenvalue weighted by Gasteiger charge is -2.10. The quantitative estimate of drug-likeness (QED) is 0.370. The van der Waals surface area contributed by atoms with Crippen LogP contribution in [-0.2, 0) is 0 Å². The van der Waals surface area contributed by atoms with Crippen molar-refractivity contribution < 1.29 is 9.85 Å². The molecule has 0 aliphatic rings.